The van der Waals surface area contributed by atoms with Crippen LogP contribution in [0.15, 0.2) is 48.6 Å². The van der Waals surface area contributed by atoms with Crippen LogP contribution in [0.3, 0.4) is 0 Å². The highest BCUT2D eigenvalue weighted by molar-refractivity contribution is 5.96. The molecule has 2 aliphatic carbocycles. The van der Waals surface area contributed by atoms with Crippen molar-refractivity contribution in [3.05, 3.63) is 54.1 Å². The predicted molar refractivity (Wildman–Crippen MR) is 129 cm³/mol. The molecule has 4 atom stereocenters. The van der Waals surface area contributed by atoms with Gasteiger partial charge in [-0.15, -0.1) is 6.58 Å². The summed E-state index contributed by atoms with van der Waals surface area (Å²) >= 11 is 0. The zero-order valence-electron chi connectivity index (χ0n) is 19.7. The predicted octanol–water partition coefficient (Wildman–Crippen LogP) is 2.68. The molecule has 0 radical (unpaired) electrons. The number of hydrogen-bond acceptors (Lipinski definition) is 5. The lowest BCUT2D eigenvalue weighted by atomic mass is 9.77. The number of carbonyl (C=O) groups excluding carboxylic acids is 2. The summed E-state index contributed by atoms with van der Waals surface area (Å²) in [5.41, 5.74) is 1.33. The first-order valence-corrected chi connectivity index (χ1v) is 12.5. The van der Waals surface area contributed by atoms with Crippen molar-refractivity contribution < 1.29 is 24.5 Å². The third kappa shape index (κ3) is 5.05. The van der Waals surface area contributed by atoms with Crippen molar-refractivity contribution >= 4 is 11.8 Å². The fraction of sp³-hybridized carbons (Fsp3) is 0.556. The number of nitrogens with zero attached hydrogens (tertiary/aromatic N) is 1. The van der Waals surface area contributed by atoms with Gasteiger partial charge in [0.15, 0.2) is 0 Å². The highest BCUT2D eigenvalue weighted by atomic mass is 16.5. The van der Waals surface area contributed by atoms with Crippen molar-refractivity contribution in [2.75, 3.05) is 19.7 Å². The fourth-order valence-electron chi connectivity index (χ4n) is 5.60. The van der Waals surface area contributed by atoms with E-state index in [4.69, 9.17) is 4.74 Å². The van der Waals surface area contributed by atoms with E-state index in [1.54, 1.807) is 17.1 Å². The monoisotopic (exact) mass is 468 g/mol. The maximum Gasteiger partial charge on any atom is 0.247 e. The number of nitrogens with one attached hydrogen (secondary N) is 1. The van der Waals surface area contributed by atoms with Crippen molar-refractivity contribution in [3.8, 4) is 5.75 Å². The Labute approximate surface area is 201 Å². The molecule has 0 spiro atoms. The van der Waals surface area contributed by atoms with Crippen LogP contribution in [-0.2, 0) is 9.59 Å². The molecule has 2 amide bonds. The minimum Gasteiger partial charge on any atom is -0.486 e. The Hall–Kier alpha value is -2.64. The maximum absolute atomic E-state index is 13.3. The number of amides is 2. The second-order valence-electron chi connectivity index (χ2n) is 9.56. The summed E-state index contributed by atoms with van der Waals surface area (Å²) in [6.45, 7) is 4.27. The van der Waals surface area contributed by atoms with Crippen molar-refractivity contribution in [3.63, 3.8) is 0 Å². The summed E-state index contributed by atoms with van der Waals surface area (Å²) in [5, 5.41) is 23.5. The number of rotatable bonds is 9. The van der Waals surface area contributed by atoms with E-state index in [9.17, 15) is 19.8 Å². The molecule has 0 unspecified atom stereocenters. The largest absolute Gasteiger partial charge is 0.486 e. The maximum atomic E-state index is 13.3. The topological polar surface area (TPSA) is 99.1 Å². The summed E-state index contributed by atoms with van der Waals surface area (Å²) in [4.78, 5) is 28.3. The molecular weight excluding hydrogens is 432 g/mol. The van der Waals surface area contributed by atoms with Crippen LogP contribution in [-0.4, -0.2) is 64.9 Å². The Morgan fingerprint density at radius 2 is 1.97 bits per heavy atom. The SMILES string of the molecule is C=CCCC(=O)N(CC1CCCCC1)[C@@H]1C=C(C(=O)NCCO)[C@@H]2c3ccccc3O[C@@H]2[C@H]1O. The van der Waals surface area contributed by atoms with Crippen LogP contribution in [0.25, 0.3) is 0 Å². The van der Waals surface area contributed by atoms with Gasteiger partial charge in [-0.2, -0.15) is 0 Å². The van der Waals surface area contributed by atoms with Gasteiger partial charge >= 0.3 is 0 Å². The average Bonchev–Trinajstić information content (AvgIpc) is 3.26. The van der Waals surface area contributed by atoms with Gasteiger partial charge in [0.25, 0.3) is 0 Å². The van der Waals surface area contributed by atoms with Crippen molar-refractivity contribution in [1.29, 1.82) is 0 Å². The van der Waals surface area contributed by atoms with Crippen LogP contribution < -0.4 is 10.1 Å². The number of allylic oxidation sites excluding steroid dienone is 1. The zero-order valence-corrected chi connectivity index (χ0v) is 19.7. The first-order valence-electron chi connectivity index (χ1n) is 12.5. The molecule has 0 bridgehead atoms. The minimum absolute atomic E-state index is 0.0464. The Bertz CT molecular complexity index is 923. The van der Waals surface area contributed by atoms with Crippen LogP contribution in [0.5, 0.6) is 5.75 Å². The molecule has 7 nitrogen and oxygen atoms in total. The number of benzene rings is 1. The molecule has 1 aliphatic heterocycles. The molecule has 7 heteroatoms. The van der Waals surface area contributed by atoms with E-state index in [0.29, 0.717) is 36.6 Å². The van der Waals surface area contributed by atoms with Gasteiger partial charge in [-0.3, -0.25) is 9.59 Å². The van der Waals surface area contributed by atoms with Crippen molar-refractivity contribution in [2.45, 2.75) is 69.1 Å². The van der Waals surface area contributed by atoms with Crippen LogP contribution in [0.1, 0.15) is 56.4 Å². The Morgan fingerprint density at radius 1 is 1.21 bits per heavy atom. The highest BCUT2D eigenvalue weighted by Gasteiger charge is 2.50. The quantitative estimate of drug-likeness (QED) is 0.484. The molecular formula is C27H36N2O5. The minimum atomic E-state index is -0.969. The summed E-state index contributed by atoms with van der Waals surface area (Å²) in [6.07, 6.45) is 8.39. The van der Waals surface area contributed by atoms with Crippen LogP contribution in [0, 0.1) is 5.92 Å². The van der Waals surface area contributed by atoms with Gasteiger partial charge in [-0.25, -0.2) is 0 Å². The molecule has 1 heterocycles. The lowest BCUT2D eigenvalue weighted by Crippen LogP contribution is -2.56. The van der Waals surface area contributed by atoms with Gasteiger partial charge in [0, 0.05) is 30.6 Å². The first kappa shape index (κ1) is 24.5. The van der Waals surface area contributed by atoms with E-state index >= 15 is 0 Å². The lowest BCUT2D eigenvalue weighted by Gasteiger charge is -2.42. The first-order chi connectivity index (χ1) is 16.5. The molecule has 1 saturated carbocycles. The highest BCUT2D eigenvalue weighted by Crippen LogP contribution is 2.47. The van der Waals surface area contributed by atoms with Crippen LogP contribution in [0.4, 0.5) is 0 Å². The molecule has 34 heavy (non-hydrogen) atoms. The lowest BCUT2D eigenvalue weighted by molar-refractivity contribution is -0.138. The summed E-state index contributed by atoms with van der Waals surface area (Å²) in [5.74, 6) is 0.246. The molecule has 184 valence electrons. The third-order valence-electron chi connectivity index (χ3n) is 7.30. The summed E-state index contributed by atoms with van der Waals surface area (Å²) in [6, 6.07) is 6.84. The van der Waals surface area contributed by atoms with Crippen molar-refractivity contribution in [2.24, 2.45) is 5.92 Å². The van der Waals surface area contributed by atoms with Crippen LogP contribution >= 0.6 is 0 Å². The average molecular weight is 469 g/mol. The molecule has 0 aromatic heterocycles. The van der Waals surface area contributed by atoms with Crippen molar-refractivity contribution in [1.82, 2.24) is 10.2 Å². The van der Waals surface area contributed by atoms with E-state index in [-0.39, 0.29) is 25.0 Å². The summed E-state index contributed by atoms with van der Waals surface area (Å²) < 4.78 is 6.16. The van der Waals surface area contributed by atoms with E-state index in [1.807, 2.05) is 24.3 Å². The Balaban J connectivity index is 1.70. The van der Waals surface area contributed by atoms with Crippen LogP contribution in [0.2, 0.25) is 0 Å². The third-order valence-corrected chi connectivity index (χ3v) is 7.30. The second-order valence-corrected chi connectivity index (χ2v) is 9.56. The number of para-hydroxylation sites is 1. The van der Waals surface area contributed by atoms with E-state index < -0.39 is 24.2 Å². The second kappa shape index (κ2) is 11.2. The fourth-order valence-corrected chi connectivity index (χ4v) is 5.60. The Morgan fingerprint density at radius 3 is 2.71 bits per heavy atom. The van der Waals surface area contributed by atoms with E-state index in [1.165, 1.54) is 6.42 Å². The molecule has 1 aromatic rings. The number of aliphatic hydroxyl groups excluding tert-OH is 2. The number of carbonyl (C=O) groups is 2. The van der Waals surface area contributed by atoms with Gasteiger partial charge in [0.1, 0.15) is 18.0 Å². The number of fused-ring (bicyclic) bond motifs is 3. The van der Waals surface area contributed by atoms with Gasteiger partial charge in [0.05, 0.1) is 18.6 Å². The molecule has 1 fully saturated rings. The molecule has 0 saturated heterocycles. The summed E-state index contributed by atoms with van der Waals surface area (Å²) in [7, 11) is 0. The normalized spacial score (nSPS) is 26.0. The number of aliphatic hydroxyl groups is 2. The van der Waals surface area contributed by atoms with E-state index in [0.717, 1.165) is 31.2 Å². The smallest absolute Gasteiger partial charge is 0.247 e. The number of hydrogen-bond donors (Lipinski definition) is 3. The van der Waals surface area contributed by atoms with Gasteiger partial charge in [-0.1, -0.05) is 43.5 Å². The standard InChI is InChI=1S/C27H36N2O5/c1-2-3-13-23(31)29(17-18-9-5-4-6-10-18)21-16-20(27(33)28-14-15-30)24-19-11-7-8-12-22(19)34-26(24)25(21)32/h2,7-8,11-12,16,18,21,24-26,30,32H,1,3-6,9-10,13-15,17H2,(H,28,33)/t21-,24+,25+,26+/m1/s1. The number of ether oxygens (including phenoxy) is 1. The molecule has 3 aliphatic rings. The molecule has 1 aromatic carbocycles. The molecule has 4 rings (SSSR count). The molecule has 3 N–H and O–H groups in total. The van der Waals surface area contributed by atoms with Gasteiger partial charge in [-0.05, 0) is 37.3 Å². The van der Waals surface area contributed by atoms with Gasteiger partial charge < -0.3 is 25.2 Å². The van der Waals surface area contributed by atoms with Gasteiger partial charge in [0.2, 0.25) is 11.8 Å². The zero-order chi connectivity index (χ0) is 24.1. The Kier molecular flexibility index (Phi) is 8.06. The van der Waals surface area contributed by atoms with E-state index in [2.05, 4.69) is 11.9 Å².